The molecule has 0 aliphatic heterocycles. The van der Waals surface area contributed by atoms with Gasteiger partial charge < -0.3 is 5.73 Å². The lowest BCUT2D eigenvalue weighted by Crippen LogP contribution is -2.33. The maximum Gasteiger partial charge on any atom is 0.231 e. The first kappa shape index (κ1) is 14.2. The van der Waals surface area contributed by atoms with E-state index in [-0.39, 0.29) is 12.5 Å². The maximum atomic E-state index is 11.2. The van der Waals surface area contributed by atoms with E-state index in [1.165, 1.54) is 11.1 Å². The van der Waals surface area contributed by atoms with Crippen molar-refractivity contribution in [2.45, 2.75) is 20.0 Å². The van der Waals surface area contributed by atoms with Gasteiger partial charge in [-0.3, -0.25) is 14.7 Å². The van der Waals surface area contributed by atoms with Gasteiger partial charge in [-0.05, 0) is 24.6 Å². The van der Waals surface area contributed by atoms with E-state index in [1.54, 1.807) is 6.20 Å². The molecule has 2 aromatic rings. The highest BCUT2D eigenvalue weighted by Gasteiger charge is 2.10. The van der Waals surface area contributed by atoms with Gasteiger partial charge in [-0.25, -0.2) is 0 Å². The summed E-state index contributed by atoms with van der Waals surface area (Å²) in [7, 11) is 0. The molecule has 2 N–H and O–H groups in total. The minimum atomic E-state index is -0.325. The summed E-state index contributed by atoms with van der Waals surface area (Å²) in [6.45, 7) is 3.57. The van der Waals surface area contributed by atoms with Crippen molar-refractivity contribution >= 4 is 5.91 Å². The van der Waals surface area contributed by atoms with E-state index in [4.69, 9.17) is 5.73 Å². The van der Waals surface area contributed by atoms with Gasteiger partial charge in [-0.2, -0.15) is 0 Å². The summed E-state index contributed by atoms with van der Waals surface area (Å²) < 4.78 is 0. The van der Waals surface area contributed by atoms with Crippen molar-refractivity contribution in [1.82, 2.24) is 9.88 Å². The van der Waals surface area contributed by atoms with Crippen molar-refractivity contribution in [2.24, 2.45) is 5.73 Å². The van der Waals surface area contributed by atoms with Gasteiger partial charge in [-0.1, -0.05) is 35.9 Å². The summed E-state index contributed by atoms with van der Waals surface area (Å²) in [6, 6.07) is 14.0. The summed E-state index contributed by atoms with van der Waals surface area (Å²) in [6.07, 6.45) is 1.75. The Hall–Kier alpha value is -2.20. The summed E-state index contributed by atoms with van der Waals surface area (Å²) in [5.74, 6) is -0.325. The fourth-order valence-electron chi connectivity index (χ4n) is 2.18. The summed E-state index contributed by atoms with van der Waals surface area (Å²) in [5.41, 5.74) is 8.64. The zero-order valence-electron chi connectivity index (χ0n) is 11.6. The van der Waals surface area contributed by atoms with Crippen LogP contribution in [0.15, 0.2) is 48.7 Å². The number of rotatable bonds is 6. The largest absolute Gasteiger partial charge is 0.369 e. The Kier molecular flexibility index (Phi) is 4.85. The minimum absolute atomic E-state index is 0.227. The zero-order valence-corrected chi connectivity index (χ0v) is 11.6. The van der Waals surface area contributed by atoms with Crippen LogP contribution in [-0.4, -0.2) is 22.3 Å². The van der Waals surface area contributed by atoms with Gasteiger partial charge in [0.05, 0.1) is 12.2 Å². The number of nitrogens with two attached hydrogens (primary N) is 1. The molecule has 1 aromatic carbocycles. The molecule has 1 aromatic heterocycles. The number of nitrogens with zero attached hydrogens (tertiary/aromatic N) is 2. The molecule has 104 valence electrons. The Morgan fingerprint density at radius 2 is 2.05 bits per heavy atom. The summed E-state index contributed by atoms with van der Waals surface area (Å²) in [5, 5.41) is 0. The first-order valence-electron chi connectivity index (χ1n) is 6.59. The van der Waals surface area contributed by atoms with Crippen LogP contribution in [-0.2, 0) is 17.9 Å². The molecule has 0 fully saturated rings. The van der Waals surface area contributed by atoms with Crippen LogP contribution in [0.4, 0.5) is 0 Å². The van der Waals surface area contributed by atoms with Crippen LogP contribution in [0.5, 0.6) is 0 Å². The first-order valence-corrected chi connectivity index (χ1v) is 6.59. The first-order chi connectivity index (χ1) is 9.63. The molecule has 1 heterocycles. The van der Waals surface area contributed by atoms with Crippen molar-refractivity contribution in [3.05, 3.63) is 65.5 Å². The molecule has 20 heavy (non-hydrogen) atoms. The van der Waals surface area contributed by atoms with Crippen LogP contribution in [0.25, 0.3) is 0 Å². The van der Waals surface area contributed by atoms with Crippen LogP contribution in [0, 0.1) is 6.92 Å². The summed E-state index contributed by atoms with van der Waals surface area (Å²) in [4.78, 5) is 17.5. The number of carbonyl (C=O) groups excluding carboxylic acids is 1. The molecular weight excluding hydrogens is 250 g/mol. The number of aromatic nitrogens is 1. The Morgan fingerprint density at radius 3 is 2.70 bits per heavy atom. The normalized spacial score (nSPS) is 10.7. The average molecular weight is 269 g/mol. The average Bonchev–Trinajstić information content (AvgIpc) is 2.39. The number of carbonyl (C=O) groups is 1. The summed E-state index contributed by atoms with van der Waals surface area (Å²) >= 11 is 0. The van der Waals surface area contributed by atoms with Crippen molar-refractivity contribution in [2.75, 3.05) is 6.54 Å². The van der Waals surface area contributed by atoms with E-state index in [0.29, 0.717) is 13.1 Å². The third-order valence-electron chi connectivity index (χ3n) is 2.98. The molecule has 4 heteroatoms. The second kappa shape index (κ2) is 6.82. The van der Waals surface area contributed by atoms with Crippen LogP contribution in [0.1, 0.15) is 16.8 Å². The van der Waals surface area contributed by atoms with E-state index in [2.05, 4.69) is 30.1 Å². The van der Waals surface area contributed by atoms with Gasteiger partial charge >= 0.3 is 0 Å². The van der Waals surface area contributed by atoms with Crippen molar-refractivity contribution in [3.8, 4) is 0 Å². The Labute approximate surface area is 119 Å². The lowest BCUT2D eigenvalue weighted by atomic mass is 10.1. The predicted molar refractivity (Wildman–Crippen MR) is 78.7 cm³/mol. The smallest absolute Gasteiger partial charge is 0.231 e. The molecule has 0 atom stereocenters. The van der Waals surface area contributed by atoms with Gasteiger partial charge in [-0.15, -0.1) is 0 Å². The van der Waals surface area contributed by atoms with Crippen LogP contribution in [0.2, 0.25) is 0 Å². The van der Waals surface area contributed by atoms with Crippen molar-refractivity contribution < 1.29 is 4.79 Å². The van der Waals surface area contributed by atoms with E-state index < -0.39 is 0 Å². The number of amides is 1. The van der Waals surface area contributed by atoms with E-state index in [9.17, 15) is 4.79 Å². The van der Waals surface area contributed by atoms with E-state index in [1.807, 2.05) is 29.2 Å². The number of pyridine rings is 1. The third kappa shape index (κ3) is 4.48. The molecule has 0 bridgehead atoms. The lowest BCUT2D eigenvalue weighted by molar-refractivity contribution is -0.119. The van der Waals surface area contributed by atoms with Gasteiger partial charge in [0.25, 0.3) is 0 Å². The van der Waals surface area contributed by atoms with Crippen LogP contribution < -0.4 is 5.73 Å². The van der Waals surface area contributed by atoms with Gasteiger partial charge in [0.15, 0.2) is 0 Å². The van der Waals surface area contributed by atoms with Crippen molar-refractivity contribution in [1.29, 1.82) is 0 Å². The molecule has 0 aliphatic rings. The van der Waals surface area contributed by atoms with E-state index >= 15 is 0 Å². The molecule has 1 amide bonds. The monoisotopic (exact) mass is 269 g/mol. The SMILES string of the molecule is Cc1cccc(CN(CC(N)=O)Cc2ccccn2)c1. The number of hydrogen-bond acceptors (Lipinski definition) is 3. The second-order valence-electron chi connectivity index (χ2n) is 4.92. The Morgan fingerprint density at radius 1 is 1.20 bits per heavy atom. The molecule has 2 rings (SSSR count). The standard InChI is InChI=1S/C16H19N3O/c1-13-5-4-6-14(9-13)10-19(12-16(17)20)11-15-7-2-3-8-18-15/h2-9H,10-12H2,1H3,(H2,17,20). The molecule has 0 aliphatic carbocycles. The second-order valence-corrected chi connectivity index (χ2v) is 4.92. The zero-order chi connectivity index (χ0) is 14.4. The molecule has 4 nitrogen and oxygen atoms in total. The highest BCUT2D eigenvalue weighted by molar-refractivity contribution is 5.75. The van der Waals surface area contributed by atoms with Crippen LogP contribution >= 0.6 is 0 Å². The molecular formula is C16H19N3O. The molecule has 0 spiro atoms. The predicted octanol–water partition coefficient (Wildman–Crippen LogP) is 1.88. The van der Waals surface area contributed by atoms with Gasteiger partial charge in [0.1, 0.15) is 0 Å². The van der Waals surface area contributed by atoms with Crippen LogP contribution in [0.3, 0.4) is 0 Å². The number of hydrogen-bond donors (Lipinski definition) is 1. The highest BCUT2D eigenvalue weighted by Crippen LogP contribution is 2.10. The Bertz CT molecular complexity index is 569. The molecule has 0 saturated heterocycles. The molecule has 0 unspecified atom stereocenters. The minimum Gasteiger partial charge on any atom is -0.369 e. The van der Waals surface area contributed by atoms with Gasteiger partial charge in [0.2, 0.25) is 5.91 Å². The number of aryl methyl sites for hydroxylation is 1. The molecule has 0 saturated carbocycles. The van der Waals surface area contributed by atoms with Gasteiger partial charge in [0, 0.05) is 19.3 Å². The Balaban J connectivity index is 2.09. The van der Waals surface area contributed by atoms with E-state index in [0.717, 1.165) is 5.69 Å². The fourth-order valence-corrected chi connectivity index (χ4v) is 2.18. The number of benzene rings is 1. The lowest BCUT2D eigenvalue weighted by Gasteiger charge is -2.20. The highest BCUT2D eigenvalue weighted by atomic mass is 16.1. The third-order valence-corrected chi connectivity index (χ3v) is 2.98. The topological polar surface area (TPSA) is 59.2 Å². The fraction of sp³-hybridized carbons (Fsp3) is 0.250. The number of primary amides is 1. The van der Waals surface area contributed by atoms with Crippen molar-refractivity contribution in [3.63, 3.8) is 0 Å². The maximum absolute atomic E-state index is 11.2. The quantitative estimate of drug-likeness (QED) is 0.871. The molecule has 0 radical (unpaired) electrons.